The molecule has 2 aromatic rings. The first kappa shape index (κ1) is 29.7. The Morgan fingerprint density at radius 2 is 1.92 bits per heavy atom. The molecule has 0 spiro atoms. The van der Waals surface area contributed by atoms with Gasteiger partial charge >= 0.3 is 0 Å². The Balaban J connectivity index is 0.00000456. The summed E-state index contributed by atoms with van der Waals surface area (Å²) in [5.74, 6) is -0.0173. The monoisotopic (exact) mass is 520 g/mol. The largest absolute Gasteiger partial charge is 0.493 e. The Morgan fingerprint density at radius 3 is 2.56 bits per heavy atom. The van der Waals surface area contributed by atoms with Crippen molar-refractivity contribution in [3.63, 3.8) is 0 Å². The summed E-state index contributed by atoms with van der Waals surface area (Å²) in [7, 11) is 1.63. The van der Waals surface area contributed by atoms with Gasteiger partial charge in [0.2, 0.25) is 5.91 Å². The number of rotatable bonds is 11. The fourth-order valence-electron chi connectivity index (χ4n) is 4.60. The zero-order valence-electron chi connectivity index (χ0n) is 21.6. The topological polar surface area (TPSA) is 67.9 Å². The van der Waals surface area contributed by atoms with E-state index in [2.05, 4.69) is 5.32 Å². The second-order valence-corrected chi connectivity index (χ2v) is 9.35. The second-order valence-electron chi connectivity index (χ2n) is 9.35. The number of amides is 1. The van der Waals surface area contributed by atoms with Crippen molar-refractivity contribution in [1.82, 2.24) is 10.2 Å². The molecule has 1 aliphatic rings. The first-order valence-electron chi connectivity index (χ1n) is 12.4. The predicted molar refractivity (Wildman–Crippen MR) is 143 cm³/mol. The fraction of sp³-hybridized carbons (Fsp3) is 0.500. The molecule has 3 rings (SSSR count). The van der Waals surface area contributed by atoms with Crippen molar-refractivity contribution in [1.29, 1.82) is 0 Å². The van der Waals surface area contributed by atoms with E-state index in [1.165, 1.54) is 19.1 Å². The van der Waals surface area contributed by atoms with Crippen LogP contribution in [-0.2, 0) is 16.0 Å². The Labute approximate surface area is 220 Å². The van der Waals surface area contributed by atoms with E-state index in [0.29, 0.717) is 42.1 Å². The van der Waals surface area contributed by atoms with Crippen LogP contribution in [0.3, 0.4) is 0 Å². The van der Waals surface area contributed by atoms with Crippen LogP contribution in [0.5, 0.6) is 5.75 Å². The summed E-state index contributed by atoms with van der Waals surface area (Å²) >= 11 is 0. The smallest absolute Gasteiger partial charge is 0.227 e. The molecule has 1 amide bonds. The van der Waals surface area contributed by atoms with Crippen molar-refractivity contribution in [3.05, 3.63) is 53.3 Å². The lowest BCUT2D eigenvalue weighted by Crippen LogP contribution is -2.52. The summed E-state index contributed by atoms with van der Waals surface area (Å²) in [6.07, 6.45) is 2.96. The van der Waals surface area contributed by atoms with E-state index in [4.69, 9.17) is 9.47 Å². The fourth-order valence-corrected chi connectivity index (χ4v) is 4.60. The minimum atomic E-state index is -0.434. The van der Waals surface area contributed by atoms with Crippen molar-refractivity contribution in [3.8, 4) is 16.9 Å². The third-order valence-corrected chi connectivity index (χ3v) is 6.32. The maximum absolute atomic E-state index is 14.8. The van der Waals surface area contributed by atoms with Gasteiger partial charge in [-0.1, -0.05) is 12.1 Å². The van der Waals surface area contributed by atoms with Gasteiger partial charge in [-0.25, -0.2) is 4.39 Å². The van der Waals surface area contributed by atoms with Crippen LogP contribution in [0.25, 0.3) is 11.1 Å². The van der Waals surface area contributed by atoms with Gasteiger partial charge in [-0.2, -0.15) is 0 Å². The van der Waals surface area contributed by atoms with Crippen LogP contribution in [-0.4, -0.2) is 62.1 Å². The summed E-state index contributed by atoms with van der Waals surface area (Å²) in [5.41, 5.74) is 2.09. The SMILES string of the molecule is COCCCOc1cc(CC(=O)N(C(C)C)[C@@H]2CCCNC2)ccc1-c1cc(C(C)=O)ccc1F.Cl. The number of nitrogens with zero attached hydrogens (tertiary/aromatic N) is 1. The van der Waals surface area contributed by atoms with Gasteiger partial charge in [0.05, 0.1) is 13.0 Å². The third kappa shape index (κ3) is 7.76. The first-order valence-corrected chi connectivity index (χ1v) is 12.4. The normalized spacial score (nSPS) is 15.3. The quantitative estimate of drug-likeness (QED) is 0.331. The van der Waals surface area contributed by atoms with Gasteiger partial charge < -0.3 is 19.7 Å². The molecule has 198 valence electrons. The van der Waals surface area contributed by atoms with E-state index in [-0.39, 0.29) is 42.6 Å². The Bertz CT molecular complexity index is 1020. The third-order valence-electron chi connectivity index (χ3n) is 6.32. The number of Topliss-reactive ketones (excluding diaryl/α,β-unsaturated/α-hetero) is 1. The number of hydrogen-bond acceptors (Lipinski definition) is 5. The highest BCUT2D eigenvalue weighted by atomic mass is 35.5. The van der Waals surface area contributed by atoms with E-state index < -0.39 is 5.82 Å². The molecule has 2 aromatic carbocycles. The van der Waals surface area contributed by atoms with Gasteiger partial charge in [0.1, 0.15) is 11.6 Å². The Hall–Kier alpha value is -2.48. The van der Waals surface area contributed by atoms with E-state index in [0.717, 1.165) is 31.5 Å². The lowest BCUT2D eigenvalue weighted by Gasteiger charge is -2.37. The molecule has 0 unspecified atom stereocenters. The second kappa shape index (κ2) is 14.3. The Morgan fingerprint density at radius 1 is 1.14 bits per heavy atom. The summed E-state index contributed by atoms with van der Waals surface area (Å²) in [4.78, 5) is 27.2. The molecular formula is C28H38ClFN2O4. The molecular weight excluding hydrogens is 483 g/mol. The molecule has 0 aromatic heterocycles. The standard InChI is InChI=1S/C28H37FN2O4.ClH/c1-19(2)31(23-7-5-12-30-18-23)28(33)16-21-8-10-24(27(15-21)35-14-6-13-34-4)25-17-22(20(3)32)9-11-26(25)29;/h8-11,15,17,19,23,30H,5-7,12-14,16,18H2,1-4H3;1H/t23-;/m1./s1. The molecule has 1 heterocycles. The molecule has 0 saturated carbocycles. The molecule has 1 atom stereocenters. The molecule has 1 N–H and O–H groups in total. The minimum absolute atomic E-state index is 0. The highest BCUT2D eigenvalue weighted by Crippen LogP contribution is 2.34. The average molecular weight is 521 g/mol. The summed E-state index contributed by atoms with van der Waals surface area (Å²) in [5, 5.41) is 3.39. The van der Waals surface area contributed by atoms with Gasteiger partial charge in [-0.15, -0.1) is 12.4 Å². The van der Waals surface area contributed by atoms with Crippen LogP contribution in [0.2, 0.25) is 0 Å². The van der Waals surface area contributed by atoms with E-state index in [1.807, 2.05) is 30.9 Å². The van der Waals surface area contributed by atoms with E-state index >= 15 is 0 Å². The summed E-state index contributed by atoms with van der Waals surface area (Å²) < 4.78 is 25.9. The molecule has 8 heteroatoms. The summed E-state index contributed by atoms with van der Waals surface area (Å²) in [6, 6.07) is 10.0. The van der Waals surface area contributed by atoms with Gasteiger partial charge in [0.15, 0.2) is 5.78 Å². The van der Waals surface area contributed by atoms with Crippen LogP contribution in [0.15, 0.2) is 36.4 Å². The highest BCUT2D eigenvalue weighted by molar-refractivity contribution is 5.95. The number of methoxy groups -OCH3 is 1. The molecule has 6 nitrogen and oxygen atoms in total. The molecule has 1 fully saturated rings. The van der Waals surface area contributed by atoms with Crippen molar-refractivity contribution >= 4 is 24.1 Å². The van der Waals surface area contributed by atoms with E-state index in [1.54, 1.807) is 19.2 Å². The zero-order valence-corrected chi connectivity index (χ0v) is 22.5. The van der Waals surface area contributed by atoms with Crippen LogP contribution < -0.4 is 10.1 Å². The van der Waals surface area contributed by atoms with Crippen molar-refractivity contribution in [2.24, 2.45) is 0 Å². The number of nitrogens with one attached hydrogen (secondary N) is 1. The Kier molecular flexibility index (Phi) is 11.8. The first-order chi connectivity index (χ1) is 16.8. The molecule has 0 aliphatic carbocycles. The van der Waals surface area contributed by atoms with Gasteiger partial charge in [0, 0.05) is 55.5 Å². The number of ether oxygens (including phenoxy) is 2. The van der Waals surface area contributed by atoms with Crippen LogP contribution in [0, 0.1) is 5.82 Å². The van der Waals surface area contributed by atoms with Gasteiger partial charge in [0.25, 0.3) is 0 Å². The number of piperidine rings is 1. The number of benzene rings is 2. The number of halogens is 2. The highest BCUT2D eigenvalue weighted by Gasteiger charge is 2.27. The van der Waals surface area contributed by atoms with Crippen molar-refractivity contribution < 1.29 is 23.5 Å². The minimum Gasteiger partial charge on any atom is -0.493 e. The van der Waals surface area contributed by atoms with Crippen molar-refractivity contribution in [2.45, 2.75) is 58.5 Å². The number of hydrogen-bond donors (Lipinski definition) is 1. The predicted octanol–water partition coefficient (Wildman–Crippen LogP) is 5.06. The van der Waals surface area contributed by atoms with Gasteiger partial charge in [-0.3, -0.25) is 9.59 Å². The molecule has 1 saturated heterocycles. The molecule has 1 aliphatic heterocycles. The lowest BCUT2D eigenvalue weighted by atomic mass is 9.97. The molecule has 36 heavy (non-hydrogen) atoms. The van der Waals surface area contributed by atoms with Crippen molar-refractivity contribution in [2.75, 3.05) is 33.4 Å². The number of carbonyl (C=O) groups is 2. The van der Waals surface area contributed by atoms with Crippen LogP contribution in [0.1, 0.15) is 56.0 Å². The molecule has 0 radical (unpaired) electrons. The number of carbonyl (C=O) groups excluding carboxylic acids is 2. The van der Waals surface area contributed by atoms with Crippen LogP contribution >= 0.6 is 12.4 Å². The lowest BCUT2D eigenvalue weighted by molar-refractivity contribution is -0.135. The van der Waals surface area contributed by atoms with E-state index in [9.17, 15) is 14.0 Å². The number of ketones is 1. The maximum atomic E-state index is 14.8. The van der Waals surface area contributed by atoms with Gasteiger partial charge in [-0.05, 0) is 70.0 Å². The zero-order chi connectivity index (χ0) is 25.4. The van der Waals surface area contributed by atoms with Crippen LogP contribution in [0.4, 0.5) is 4.39 Å². The maximum Gasteiger partial charge on any atom is 0.227 e. The molecule has 0 bridgehead atoms. The average Bonchev–Trinajstić information content (AvgIpc) is 2.83. The summed E-state index contributed by atoms with van der Waals surface area (Å²) in [6.45, 7) is 8.27.